The molecule has 0 unspecified atom stereocenters. The van der Waals surface area contributed by atoms with Crippen LogP contribution in [0, 0.1) is 0 Å². The zero-order chi connectivity index (χ0) is 14.9. The van der Waals surface area contributed by atoms with E-state index in [1.165, 1.54) is 16.9 Å². The van der Waals surface area contributed by atoms with E-state index in [0.717, 1.165) is 24.8 Å². The fourth-order valence-corrected chi connectivity index (χ4v) is 3.87. The summed E-state index contributed by atoms with van der Waals surface area (Å²) in [5.74, 6) is -0.463. The van der Waals surface area contributed by atoms with Gasteiger partial charge in [-0.2, -0.15) is 0 Å². The van der Waals surface area contributed by atoms with Crippen molar-refractivity contribution in [3.8, 4) is 0 Å². The number of amides is 1. The van der Waals surface area contributed by atoms with E-state index in [0.29, 0.717) is 4.88 Å². The van der Waals surface area contributed by atoms with E-state index < -0.39 is 15.9 Å². The number of hydrazine groups is 1. The Kier molecular flexibility index (Phi) is 3.79. The van der Waals surface area contributed by atoms with Crippen molar-refractivity contribution in [2.45, 2.75) is 24.2 Å². The van der Waals surface area contributed by atoms with E-state index in [9.17, 15) is 13.2 Å². The Bertz CT molecular complexity index is 768. The summed E-state index contributed by atoms with van der Waals surface area (Å²) >= 11 is 1.25. The first kappa shape index (κ1) is 14.2. The number of benzene rings is 1. The summed E-state index contributed by atoms with van der Waals surface area (Å²) in [6.45, 7) is 0. The maximum absolute atomic E-state index is 12.2. The van der Waals surface area contributed by atoms with Crippen molar-refractivity contribution in [3.63, 3.8) is 0 Å². The molecule has 110 valence electrons. The number of carbonyl (C=O) groups is 1. The van der Waals surface area contributed by atoms with Crippen molar-refractivity contribution in [2.75, 3.05) is 0 Å². The lowest BCUT2D eigenvalue weighted by Crippen LogP contribution is -2.41. The molecule has 1 heterocycles. The lowest BCUT2D eigenvalue weighted by molar-refractivity contribution is 0.0949. The lowest BCUT2D eigenvalue weighted by Gasteiger charge is -2.09. The summed E-state index contributed by atoms with van der Waals surface area (Å²) in [5.41, 5.74) is 4.50. The average molecular weight is 322 g/mol. The number of aryl methyl sites for hydroxylation is 2. The smallest absolute Gasteiger partial charge is 0.273 e. The summed E-state index contributed by atoms with van der Waals surface area (Å²) in [6, 6.07) is 8.46. The summed E-state index contributed by atoms with van der Waals surface area (Å²) < 4.78 is 24.4. The van der Waals surface area contributed by atoms with E-state index in [1.54, 1.807) is 29.6 Å². The van der Waals surface area contributed by atoms with Crippen molar-refractivity contribution in [1.29, 1.82) is 0 Å². The molecule has 1 aromatic carbocycles. The molecule has 0 aliphatic heterocycles. The number of carbonyl (C=O) groups excluding carboxylic acids is 1. The van der Waals surface area contributed by atoms with Crippen LogP contribution in [0.3, 0.4) is 0 Å². The Morgan fingerprint density at radius 1 is 1.14 bits per heavy atom. The summed E-state index contributed by atoms with van der Waals surface area (Å²) in [4.78, 5) is 14.5. The molecule has 0 bridgehead atoms. The molecule has 2 N–H and O–H groups in total. The summed E-state index contributed by atoms with van der Waals surface area (Å²) in [7, 11) is -3.75. The zero-order valence-corrected chi connectivity index (χ0v) is 12.8. The van der Waals surface area contributed by atoms with Crippen LogP contribution in [0.15, 0.2) is 40.6 Å². The molecule has 0 radical (unpaired) electrons. The molecule has 1 aliphatic carbocycles. The highest BCUT2D eigenvalue weighted by atomic mass is 32.2. The number of rotatable bonds is 4. The molecule has 0 fully saturated rings. The normalized spacial score (nSPS) is 13.9. The number of hydrogen-bond donors (Lipinski definition) is 2. The fourth-order valence-electron chi connectivity index (χ4n) is 2.36. The van der Waals surface area contributed by atoms with Gasteiger partial charge in [0.15, 0.2) is 0 Å². The molecule has 7 heteroatoms. The number of hydrogen-bond acceptors (Lipinski definition) is 4. The van der Waals surface area contributed by atoms with Crippen LogP contribution in [0.1, 0.15) is 27.2 Å². The van der Waals surface area contributed by atoms with Gasteiger partial charge >= 0.3 is 0 Å². The molecule has 3 rings (SSSR count). The zero-order valence-electron chi connectivity index (χ0n) is 11.1. The van der Waals surface area contributed by atoms with Crippen LogP contribution in [0.2, 0.25) is 0 Å². The second kappa shape index (κ2) is 5.59. The molecular weight excluding hydrogens is 308 g/mol. The number of fused-ring (bicyclic) bond motifs is 1. The van der Waals surface area contributed by atoms with Gasteiger partial charge < -0.3 is 0 Å². The van der Waals surface area contributed by atoms with Crippen molar-refractivity contribution in [1.82, 2.24) is 10.3 Å². The third-order valence-electron chi connectivity index (χ3n) is 3.42. The van der Waals surface area contributed by atoms with Crippen molar-refractivity contribution in [3.05, 3.63) is 51.7 Å². The fraction of sp³-hybridized carbons (Fsp3) is 0.214. The van der Waals surface area contributed by atoms with Crippen LogP contribution in [-0.2, 0) is 22.9 Å². The van der Waals surface area contributed by atoms with Crippen LogP contribution in [0.5, 0.6) is 0 Å². The van der Waals surface area contributed by atoms with Gasteiger partial charge in [-0.1, -0.05) is 12.1 Å². The maximum atomic E-state index is 12.2. The summed E-state index contributed by atoms with van der Waals surface area (Å²) in [5, 5.41) is 1.75. The third-order valence-corrected chi connectivity index (χ3v) is 5.54. The molecule has 0 saturated heterocycles. The lowest BCUT2D eigenvalue weighted by atomic mass is 10.1. The molecule has 0 saturated carbocycles. The molecule has 0 spiro atoms. The maximum Gasteiger partial charge on any atom is 0.276 e. The largest absolute Gasteiger partial charge is 0.276 e. The molecule has 0 atom stereocenters. The molecule has 1 aliphatic rings. The van der Waals surface area contributed by atoms with Crippen LogP contribution in [0.4, 0.5) is 0 Å². The molecule has 2 aromatic rings. The van der Waals surface area contributed by atoms with Crippen LogP contribution in [0.25, 0.3) is 0 Å². The molecular formula is C14H14N2O3S2. The second-order valence-corrected chi connectivity index (χ2v) is 7.45. The predicted octanol–water partition coefficient (Wildman–Crippen LogP) is 1.86. The molecule has 21 heavy (non-hydrogen) atoms. The second-order valence-electron chi connectivity index (χ2n) is 4.82. The van der Waals surface area contributed by atoms with Crippen LogP contribution in [-0.4, -0.2) is 14.3 Å². The first-order valence-electron chi connectivity index (χ1n) is 6.54. The average Bonchev–Trinajstić information content (AvgIpc) is 3.14. The first-order valence-corrected chi connectivity index (χ1v) is 8.90. The Balaban J connectivity index is 1.73. The Labute approximate surface area is 127 Å². The Morgan fingerprint density at radius 3 is 2.71 bits per heavy atom. The molecule has 1 amide bonds. The van der Waals surface area contributed by atoms with Gasteiger partial charge in [0.05, 0.1) is 9.77 Å². The topological polar surface area (TPSA) is 75.3 Å². The van der Waals surface area contributed by atoms with Gasteiger partial charge in [0.1, 0.15) is 0 Å². The Hall–Kier alpha value is -1.70. The van der Waals surface area contributed by atoms with E-state index in [1.807, 2.05) is 6.07 Å². The standard InChI is InChI=1S/C14H14N2O3S2/c17-14(13-5-2-8-20-13)15-16-21(18,19)12-7-6-10-3-1-4-11(10)9-12/h2,5-9,16H,1,3-4H2,(H,15,17). The monoisotopic (exact) mass is 322 g/mol. The number of nitrogens with one attached hydrogen (secondary N) is 2. The third kappa shape index (κ3) is 2.99. The highest BCUT2D eigenvalue weighted by Gasteiger charge is 2.19. The van der Waals surface area contributed by atoms with E-state index in [-0.39, 0.29) is 4.90 Å². The van der Waals surface area contributed by atoms with E-state index >= 15 is 0 Å². The minimum Gasteiger partial charge on any atom is -0.273 e. The van der Waals surface area contributed by atoms with Gasteiger partial charge in [-0.3, -0.25) is 10.2 Å². The van der Waals surface area contributed by atoms with Gasteiger partial charge in [0.2, 0.25) is 0 Å². The van der Waals surface area contributed by atoms with Crippen molar-refractivity contribution in [2.24, 2.45) is 0 Å². The van der Waals surface area contributed by atoms with Gasteiger partial charge in [0.25, 0.3) is 15.9 Å². The molecule has 5 nitrogen and oxygen atoms in total. The highest BCUT2D eigenvalue weighted by Crippen LogP contribution is 2.24. The number of thiophene rings is 1. The summed E-state index contributed by atoms with van der Waals surface area (Å²) in [6.07, 6.45) is 2.96. The van der Waals surface area contributed by atoms with E-state index in [4.69, 9.17) is 0 Å². The van der Waals surface area contributed by atoms with E-state index in [2.05, 4.69) is 10.3 Å². The SMILES string of the molecule is O=C(NNS(=O)(=O)c1ccc2c(c1)CCC2)c1cccs1. The van der Waals surface area contributed by atoms with Crippen molar-refractivity contribution >= 4 is 27.3 Å². The van der Waals surface area contributed by atoms with Gasteiger partial charge in [-0.25, -0.2) is 8.42 Å². The highest BCUT2D eigenvalue weighted by molar-refractivity contribution is 7.89. The molecule has 1 aromatic heterocycles. The van der Waals surface area contributed by atoms with Crippen LogP contribution < -0.4 is 10.3 Å². The Morgan fingerprint density at radius 2 is 1.95 bits per heavy atom. The van der Waals surface area contributed by atoms with Crippen molar-refractivity contribution < 1.29 is 13.2 Å². The predicted molar refractivity (Wildman–Crippen MR) is 80.6 cm³/mol. The number of sulfonamides is 1. The quantitative estimate of drug-likeness (QED) is 0.844. The first-order chi connectivity index (χ1) is 10.1. The van der Waals surface area contributed by atoms with Gasteiger partial charge in [0, 0.05) is 0 Å². The van der Waals surface area contributed by atoms with Gasteiger partial charge in [-0.05, 0) is 54.0 Å². The van der Waals surface area contributed by atoms with Gasteiger partial charge in [-0.15, -0.1) is 16.2 Å². The minimum absolute atomic E-state index is 0.176. The minimum atomic E-state index is -3.75. The van der Waals surface area contributed by atoms with Crippen LogP contribution >= 0.6 is 11.3 Å².